The minimum Gasteiger partial charge on any atom is -0.481 e. The molecule has 0 saturated carbocycles. The lowest BCUT2D eigenvalue weighted by Crippen LogP contribution is -2.32. The molecule has 1 aromatic rings. The van der Waals surface area contributed by atoms with Crippen LogP contribution in [0.15, 0.2) is 18.2 Å². The number of anilines is 1. The van der Waals surface area contributed by atoms with E-state index in [4.69, 9.17) is 28.3 Å². The van der Waals surface area contributed by atoms with Gasteiger partial charge in [-0.3, -0.25) is 4.79 Å². The van der Waals surface area contributed by atoms with Gasteiger partial charge in [0.15, 0.2) is 0 Å². The highest BCUT2D eigenvalue weighted by Crippen LogP contribution is 2.28. The normalized spacial score (nSPS) is 10.6. The van der Waals surface area contributed by atoms with Gasteiger partial charge in [0.2, 0.25) is 0 Å². The van der Waals surface area contributed by atoms with Crippen molar-refractivity contribution in [3.05, 3.63) is 28.2 Å². The quantitative estimate of drug-likeness (QED) is 0.891. The van der Waals surface area contributed by atoms with Gasteiger partial charge < -0.3 is 10.0 Å². The van der Waals surface area contributed by atoms with E-state index in [2.05, 4.69) is 0 Å². The molecule has 0 bridgehead atoms. The van der Waals surface area contributed by atoms with Gasteiger partial charge in [0.05, 0.1) is 16.5 Å². The Balaban J connectivity index is 2.89. The number of hydrogen-bond acceptors (Lipinski definition) is 2. The molecule has 0 radical (unpaired) electrons. The summed E-state index contributed by atoms with van der Waals surface area (Å²) in [5.41, 5.74) is 0.885. The lowest BCUT2D eigenvalue weighted by atomic mass is 10.2. The van der Waals surface area contributed by atoms with Crippen LogP contribution >= 0.6 is 23.2 Å². The summed E-state index contributed by atoms with van der Waals surface area (Å²) in [6, 6.07) is 5.52. The minimum absolute atomic E-state index is 0.0957. The summed E-state index contributed by atoms with van der Waals surface area (Å²) in [4.78, 5) is 12.6. The molecule has 0 aliphatic rings. The number of carboxylic acid groups (broad SMARTS) is 1. The van der Waals surface area contributed by atoms with Crippen molar-refractivity contribution in [2.24, 2.45) is 0 Å². The smallest absolute Gasteiger partial charge is 0.305 e. The fourth-order valence-electron chi connectivity index (χ4n) is 1.57. The SMILES string of the molecule is CC(C)N(CCC(=O)O)c1ccc(Cl)c(Cl)c1. The maximum atomic E-state index is 10.6. The highest BCUT2D eigenvalue weighted by molar-refractivity contribution is 6.42. The highest BCUT2D eigenvalue weighted by Gasteiger charge is 2.13. The molecule has 0 spiro atoms. The van der Waals surface area contributed by atoms with Crippen molar-refractivity contribution >= 4 is 34.9 Å². The number of rotatable bonds is 5. The number of benzene rings is 1. The Morgan fingerprint density at radius 1 is 1.35 bits per heavy atom. The molecule has 0 aliphatic carbocycles. The zero-order valence-electron chi connectivity index (χ0n) is 9.78. The van der Waals surface area contributed by atoms with Gasteiger partial charge in [-0.15, -0.1) is 0 Å². The van der Waals surface area contributed by atoms with E-state index in [9.17, 15) is 4.79 Å². The summed E-state index contributed by atoms with van der Waals surface area (Å²) >= 11 is 11.8. The Bertz CT molecular complexity index is 407. The molecule has 0 saturated heterocycles. The van der Waals surface area contributed by atoms with Crippen LogP contribution in [0, 0.1) is 0 Å². The average Bonchev–Trinajstić information content (AvgIpc) is 2.22. The first-order chi connectivity index (χ1) is 7.91. The van der Waals surface area contributed by atoms with Crippen molar-refractivity contribution in [3.8, 4) is 0 Å². The molecule has 0 aliphatic heterocycles. The molecule has 17 heavy (non-hydrogen) atoms. The van der Waals surface area contributed by atoms with Gasteiger partial charge in [-0.1, -0.05) is 23.2 Å². The summed E-state index contributed by atoms with van der Waals surface area (Å²) in [5.74, 6) is -0.810. The van der Waals surface area contributed by atoms with Gasteiger partial charge in [0, 0.05) is 18.3 Å². The molecule has 1 rings (SSSR count). The Kier molecular flexibility index (Phi) is 5.09. The van der Waals surface area contributed by atoms with Crippen molar-refractivity contribution < 1.29 is 9.90 Å². The molecule has 5 heteroatoms. The van der Waals surface area contributed by atoms with E-state index >= 15 is 0 Å². The lowest BCUT2D eigenvalue weighted by Gasteiger charge is -2.28. The van der Waals surface area contributed by atoms with Crippen LogP contribution < -0.4 is 4.90 Å². The predicted octanol–water partition coefficient (Wildman–Crippen LogP) is 3.68. The van der Waals surface area contributed by atoms with Crippen molar-refractivity contribution in [1.82, 2.24) is 0 Å². The zero-order chi connectivity index (χ0) is 13.0. The molecule has 3 nitrogen and oxygen atoms in total. The third-order valence-electron chi connectivity index (χ3n) is 2.42. The highest BCUT2D eigenvalue weighted by atomic mass is 35.5. The summed E-state index contributed by atoms with van der Waals surface area (Å²) < 4.78 is 0. The average molecular weight is 276 g/mol. The Labute approximate surface area is 111 Å². The fourth-order valence-corrected chi connectivity index (χ4v) is 1.86. The lowest BCUT2D eigenvalue weighted by molar-refractivity contribution is -0.136. The molecule has 0 fully saturated rings. The van der Waals surface area contributed by atoms with E-state index in [-0.39, 0.29) is 12.5 Å². The van der Waals surface area contributed by atoms with Crippen LogP contribution in [0.5, 0.6) is 0 Å². The standard InChI is InChI=1S/C12H15Cl2NO2/c1-8(2)15(6-5-12(16)17)9-3-4-10(13)11(14)7-9/h3-4,7-8H,5-6H2,1-2H3,(H,16,17). The molecule has 1 aromatic carbocycles. The summed E-state index contributed by atoms with van der Waals surface area (Å²) in [7, 11) is 0. The molecule has 1 N–H and O–H groups in total. The Hall–Kier alpha value is -0.930. The summed E-state index contributed by atoms with van der Waals surface area (Å²) in [6.45, 7) is 4.46. The monoisotopic (exact) mass is 275 g/mol. The van der Waals surface area contributed by atoms with Gasteiger partial charge in [0.1, 0.15) is 0 Å². The minimum atomic E-state index is -0.810. The van der Waals surface area contributed by atoms with E-state index in [0.29, 0.717) is 16.6 Å². The van der Waals surface area contributed by atoms with Crippen molar-refractivity contribution in [1.29, 1.82) is 0 Å². The maximum Gasteiger partial charge on any atom is 0.305 e. The second kappa shape index (κ2) is 6.12. The first kappa shape index (κ1) is 14.1. The molecule has 0 unspecified atom stereocenters. The number of nitrogens with zero attached hydrogens (tertiary/aromatic N) is 1. The Morgan fingerprint density at radius 3 is 2.47 bits per heavy atom. The van der Waals surface area contributed by atoms with Crippen molar-refractivity contribution in [2.75, 3.05) is 11.4 Å². The molecule has 0 atom stereocenters. The molecule has 0 aromatic heterocycles. The van der Waals surface area contributed by atoms with Gasteiger partial charge in [0.25, 0.3) is 0 Å². The number of halogens is 2. The third kappa shape index (κ3) is 4.10. The van der Waals surface area contributed by atoms with Gasteiger partial charge in [-0.05, 0) is 32.0 Å². The molecule has 94 valence electrons. The van der Waals surface area contributed by atoms with Crippen LogP contribution in [0.3, 0.4) is 0 Å². The molecular weight excluding hydrogens is 261 g/mol. The van der Waals surface area contributed by atoms with Crippen LogP contribution in [0.25, 0.3) is 0 Å². The maximum absolute atomic E-state index is 10.6. The van der Waals surface area contributed by atoms with Crippen LogP contribution in [0.1, 0.15) is 20.3 Å². The fraction of sp³-hybridized carbons (Fsp3) is 0.417. The molecular formula is C12H15Cl2NO2. The number of aliphatic carboxylic acids is 1. The van der Waals surface area contributed by atoms with Crippen LogP contribution in [-0.4, -0.2) is 23.7 Å². The molecule has 0 amide bonds. The van der Waals surface area contributed by atoms with Gasteiger partial charge in [-0.25, -0.2) is 0 Å². The number of carboxylic acids is 1. The zero-order valence-corrected chi connectivity index (χ0v) is 11.3. The van der Waals surface area contributed by atoms with Gasteiger partial charge in [-0.2, -0.15) is 0 Å². The van der Waals surface area contributed by atoms with Crippen LogP contribution in [-0.2, 0) is 4.79 Å². The van der Waals surface area contributed by atoms with E-state index in [1.54, 1.807) is 12.1 Å². The van der Waals surface area contributed by atoms with Crippen molar-refractivity contribution in [2.45, 2.75) is 26.3 Å². The van der Waals surface area contributed by atoms with E-state index in [1.165, 1.54) is 0 Å². The number of hydrogen-bond donors (Lipinski definition) is 1. The van der Waals surface area contributed by atoms with E-state index in [0.717, 1.165) is 5.69 Å². The first-order valence-corrected chi connectivity index (χ1v) is 6.11. The Morgan fingerprint density at radius 2 is 2.00 bits per heavy atom. The van der Waals surface area contributed by atoms with Crippen LogP contribution in [0.2, 0.25) is 10.0 Å². The van der Waals surface area contributed by atoms with Crippen molar-refractivity contribution in [3.63, 3.8) is 0 Å². The van der Waals surface area contributed by atoms with Gasteiger partial charge >= 0.3 is 5.97 Å². The first-order valence-electron chi connectivity index (χ1n) is 5.35. The summed E-state index contributed by atoms with van der Waals surface area (Å²) in [5, 5.41) is 9.69. The van der Waals surface area contributed by atoms with Crippen LogP contribution in [0.4, 0.5) is 5.69 Å². The second-order valence-corrected chi connectivity index (χ2v) is 4.84. The predicted molar refractivity (Wildman–Crippen MR) is 71.2 cm³/mol. The molecule has 0 heterocycles. The number of carbonyl (C=O) groups is 1. The second-order valence-electron chi connectivity index (χ2n) is 4.03. The topological polar surface area (TPSA) is 40.5 Å². The van der Waals surface area contributed by atoms with E-state index < -0.39 is 5.97 Å². The largest absolute Gasteiger partial charge is 0.481 e. The van der Waals surface area contributed by atoms with E-state index in [1.807, 2.05) is 24.8 Å². The summed E-state index contributed by atoms with van der Waals surface area (Å²) in [6.07, 6.45) is 0.0957. The third-order valence-corrected chi connectivity index (χ3v) is 3.16.